The van der Waals surface area contributed by atoms with E-state index in [-0.39, 0.29) is 21.8 Å². The third-order valence-corrected chi connectivity index (χ3v) is 1.99. The van der Waals surface area contributed by atoms with E-state index in [9.17, 15) is 14.9 Å². The molecule has 0 saturated carbocycles. The molecule has 0 fully saturated rings. The fraction of sp³-hybridized carbons (Fsp3) is 0. The maximum atomic E-state index is 10.7. The Morgan fingerprint density at radius 2 is 2.21 bits per heavy atom. The number of nitro benzene ring substituents is 1. The van der Waals surface area contributed by atoms with E-state index in [0.29, 0.717) is 0 Å². The first-order valence-electron chi connectivity index (χ1n) is 3.54. The Hall–Kier alpha value is -1.82. The second kappa shape index (κ2) is 2.85. The summed E-state index contributed by atoms with van der Waals surface area (Å²) in [6.07, 6.45) is 0. The van der Waals surface area contributed by atoms with Gasteiger partial charge in [-0.1, -0.05) is 11.6 Å². The van der Waals surface area contributed by atoms with Crippen molar-refractivity contribution in [3.63, 3.8) is 0 Å². The minimum atomic E-state index is -0.670. The molecule has 2 rings (SSSR count). The van der Waals surface area contributed by atoms with Gasteiger partial charge in [-0.05, 0) is 0 Å². The molecular weight excluding hydrogens is 212 g/mol. The molecule has 0 bridgehead atoms. The number of nitrogens with zero attached hydrogens (tertiary/aromatic N) is 1. The summed E-state index contributed by atoms with van der Waals surface area (Å²) in [6, 6.07) is 2.38. The van der Waals surface area contributed by atoms with Crippen molar-refractivity contribution in [1.82, 2.24) is 4.98 Å². The minimum Gasteiger partial charge on any atom is -0.408 e. The maximum Gasteiger partial charge on any atom is 0.417 e. The van der Waals surface area contributed by atoms with E-state index in [1.165, 1.54) is 6.07 Å². The highest BCUT2D eigenvalue weighted by molar-refractivity contribution is 6.33. The molecule has 6 nitrogen and oxygen atoms in total. The van der Waals surface area contributed by atoms with Gasteiger partial charge in [-0.25, -0.2) is 4.79 Å². The normalized spacial score (nSPS) is 10.6. The van der Waals surface area contributed by atoms with Gasteiger partial charge in [0.05, 0.1) is 10.4 Å². The van der Waals surface area contributed by atoms with Crippen LogP contribution in [0.15, 0.2) is 21.3 Å². The van der Waals surface area contributed by atoms with E-state index < -0.39 is 10.7 Å². The lowest BCUT2D eigenvalue weighted by Gasteiger charge is -1.93. The Bertz CT molecular complexity index is 571. The van der Waals surface area contributed by atoms with E-state index in [0.717, 1.165) is 6.07 Å². The number of aromatic nitrogens is 1. The zero-order valence-electron chi connectivity index (χ0n) is 6.61. The molecule has 1 N–H and O–H groups in total. The third kappa shape index (κ3) is 1.25. The molecule has 72 valence electrons. The first-order valence-corrected chi connectivity index (χ1v) is 3.92. The zero-order valence-corrected chi connectivity index (χ0v) is 7.37. The molecule has 0 aliphatic rings. The van der Waals surface area contributed by atoms with Gasteiger partial charge in [0.2, 0.25) is 0 Å². The quantitative estimate of drug-likeness (QED) is 0.578. The predicted molar refractivity (Wildman–Crippen MR) is 48.5 cm³/mol. The Morgan fingerprint density at radius 3 is 2.86 bits per heavy atom. The van der Waals surface area contributed by atoms with Crippen LogP contribution in [0, 0.1) is 10.1 Å². The van der Waals surface area contributed by atoms with E-state index in [4.69, 9.17) is 11.6 Å². The van der Waals surface area contributed by atoms with Gasteiger partial charge < -0.3 is 4.42 Å². The van der Waals surface area contributed by atoms with Gasteiger partial charge in [0.1, 0.15) is 5.02 Å². The standard InChI is InChI=1S/C7H3ClN2O4/c8-3-1-6-4(9-7(11)14-6)2-5(3)10(12)13/h1-2H,(H,9,11). The van der Waals surface area contributed by atoms with Crippen molar-refractivity contribution in [3.8, 4) is 0 Å². The Kier molecular flexibility index (Phi) is 1.78. The number of aromatic amines is 1. The number of hydrogen-bond acceptors (Lipinski definition) is 4. The first-order chi connectivity index (χ1) is 6.58. The second-order valence-corrected chi connectivity index (χ2v) is 2.98. The molecule has 0 unspecified atom stereocenters. The molecule has 7 heteroatoms. The lowest BCUT2D eigenvalue weighted by atomic mass is 10.3. The van der Waals surface area contributed by atoms with Crippen LogP contribution >= 0.6 is 11.6 Å². The van der Waals surface area contributed by atoms with Crippen LogP contribution in [0.2, 0.25) is 5.02 Å². The maximum absolute atomic E-state index is 10.7. The largest absolute Gasteiger partial charge is 0.417 e. The molecule has 0 saturated heterocycles. The number of nitro groups is 1. The van der Waals surface area contributed by atoms with E-state index in [1.807, 2.05) is 0 Å². The number of halogens is 1. The van der Waals surface area contributed by atoms with Crippen molar-refractivity contribution in [2.45, 2.75) is 0 Å². The van der Waals surface area contributed by atoms with E-state index in [1.54, 1.807) is 0 Å². The van der Waals surface area contributed by atoms with Crippen molar-refractivity contribution in [2.24, 2.45) is 0 Å². The lowest BCUT2D eigenvalue weighted by Crippen LogP contribution is -1.93. The van der Waals surface area contributed by atoms with Crippen LogP contribution in [-0.4, -0.2) is 9.91 Å². The van der Waals surface area contributed by atoms with Gasteiger partial charge in [-0.3, -0.25) is 15.1 Å². The van der Waals surface area contributed by atoms with Crippen LogP contribution in [0.4, 0.5) is 5.69 Å². The molecule has 0 atom stereocenters. The van der Waals surface area contributed by atoms with Gasteiger partial charge >= 0.3 is 5.76 Å². The first kappa shape index (κ1) is 8.76. The number of oxazole rings is 1. The van der Waals surface area contributed by atoms with E-state index >= 15 is 0 Å². The zero-order chi connectivity index (χ0) is 10.3. The summed E-state index contributed by atoms with van der Waals surface area (Å²) in [5.74, 6) is -0.670. The Morgan fingerprint density at radius 1 is 1.50 bits per heavy atom. The molecule has 2 aromatic rings. The topological polar surface area (TPSA) is 89.1 Å². The molecule has 0 aliphatic heterocycles. The minimum absolute atomic E-state index is 0.0646. The molecule has 0 amide bonds. The van der Waals surface area contributed by atoms with Crippen LogP contribution in [0.5, 0.6) is 0 Å². The summed E-state index contributed by atoms with van der Waals surface area (Å²) in [4.78, 5) is 22.9. The summed E-state index contributed by atoms with van der Waals surface area (Å²) in [5, 5.41) is 10.4. The van der Waals surface area contributed by atoms with Crippen LogP contribution in [-0.2, 0) is 0 Å². The Labute approximate surface area is 81.2 Å². The smallest absolute Gasteiger partial charge is 0.408 e. The van der Waals surface area contributed by atoms with Crippen LogP contribution < -0.4 is 5.76 Å². The third-order valence-electron chi connectivity index (χ3n) is 1.69. The molecule has 1 aromatic heterocycles. The Balaban J connectivity index is 2.82. The molecule has 1 aromatic carbocycles. The second-order valence-electron chi connectivity index (χ2n) is 2.57. The van der Waals surface area contributed by atoms with Gasteiger partial charge in [0.15, 0.2) is 5.58 Å². The predicted octanol–water partition coefficient (Wildman–Crippen LogP) is 1.68. The number of H-pyrrole nitrogens is 1. The molecule has 0 spiro atoms. The average molecular weight is 215 g/mol. The highest BCUT2D eigenvalue weighted by Gasteiger charge is 2.15. The van der Waals surface area contributed by atoms with Crippen molar-refractivity contribution in [2.75, 3.05) is 0 Å². The van der Waals surface area contributed by atoms with Gasteiger partial charge in [0.25, 0.3) is 5.69 Å². The monoisotopic (exact) mass is 214 g/mol. The fourth-order valence-electron chi connectivity index (χ4n) is 1.10. The van der Waals surface area contributed by atoms with Gasteiger partial charge in [0, 0.05) is 12.1 Å². The molecule has 1 heterocycles. The number of benzene rings is 1. The number of nitrogens with one attached hydrogen (secondary N) is 1. The van der Waals surface area contributed by atoms with Crippen molar-refractivity contribution >= 4 is 28.4 Å². The van der Waals surface area contributed by atoms with Crippen molar-refractivity contribution in [1.29, 1.82) is 0 Å². The summed E-state index contributed by atoms with van der Waals surface area (Å²) >= 11 is 5.59. The molecule has 14 heavy (non-hydrogen) atoms. The van der Waals surface area contributed by atoms with Gasteiger partial charge in [-0.15, -0.1) is 0 Å². The number of hydrogen-bond donors (Lipinski definition) is 1. The summed E-state index contributed by atoms with van der Waals surface area (Å²) < 4.78 is 4.67. The molecular formula is C7H3ClN2O4. The highest BCUT2D eigenvalue weighted by atomic mass is 35.5. The number of fused-ring (bicyclic) bond motifs is 1. The van der Waals surface area contributed by atoms with Gasteiger partial charge in [-0.2, -0.15) is 0 Å². The number of rotatable bonds is 1. The van der Waals surface area contributed by atoms with Crippen molar-refractivity contribution in [3.05, 3.63) is 37.8 Å². The summed E-state index contributed by atoms with van der Waals surface area (Å²) in [5.41, 5.74) is 0.188. The van der Waals surface area contributed by atoms with Crippen molar-refractivity contribution < 1.29 is 9.34 Å². The van der Waals surface area contributed by atoms with Crippen LogP contribution in [0.1, 0.15) is 0 Å². The molecule has 0 aliphatic carbocycles. The summed E-state index contributed by atoms with van der Waals surface area (Å²) in [6.45, 7) is 0. The fourth-order valence-corrected chi connectivity index (χ4v) is 1.32. The van der Waals surface area contributed by atoms with Crippen LogP contribution in [0.25, 0.3) is 11.1 Å². The SMILES string of the molecule is O=c1[nH]c2cc([N+](=O)[O-])c(Cl)cc2o1. The molecule has 0 radical (unpaired) electrons. The van der Waals surface area contributed by atoms with E-state index in [2.05, 4.69) is 9.40 Å². The highest BCUT2D eigenvalue weighted by Crippen LogP contribution is 2.28. The average Bonchev–Trinajstić information content (AvgIpc) is 2.42. The summed E-state index contributed by atoms with van der Waals surface area (Å²) in [7, 11) is 0. The lowest BCUT2D eigenvalue weighted by molar-refractivity contribution is -0.384. The van der Waals surface area contributed by atoms with Crippen LogP contribution in [0.3, 0.4) is 0 Å².